The van der Waals surface area contributed by atoms with E-state index >= 15 is 0 Å². The van der Waals surface area contributed by atoms with Gasteiger partial charge >= 0.3 is 6.18 Å². The van der Waals surface area contributed by atoms with Gasteiger partial charge in [0, 0.05) is 31.9 Å². The van der Waals surface area contributed by atoms with Gasteiger partial charge in [-0.3, -0.25) is 0 Å². The maximum atomic E-state index is 13.0. The van der Waals surface area contributed by atoms with Crippen molar-refractivity contribution in [2.45, 2.75) is 38.4 Å². The molecule has 1 aliphatic rings. The van der Waals surface area contributed by atoms with E-state index in [1.54, 1.807) is 4.90 Å². The maximum Gasteiger partial charge on any atom is 0.419 e. The monoisotopic (exact) mass is 287 g/mol. The molecule has 2 heterocycles. The SMILES string of the molecule is CCCC[C@@H]1CN(c2ncccc2C(F)(F)F)CCN1. The van der Waals surface area contributed by atoms with Crippen LogP contribution in [-0.4, -0.2) is 30.7 Å². The maximum absolute atomic E-state index is 13.0. The molecule has 0 unspecified atom stereocenters. The molecule has 1 saturated heterocycles. The van der Waals surface area contributed by atoms with Gasteiger partial charge in [0.1, 0.15) is 5.82 Å². The number of nitrogens with zero attached hydrogens (tertiary/aromatic N) is 2. The van der Waals surface area contributed by atoms with Crippen LogP contribution in [0.3, 0.4) is 0 Å². The first-order valence-corrected chi connectivity index (χ1v) is 7.03. The number of hydrogen-bond acceptors (Lipinski definition) is 3. The van der Waals surface area contributed by atoms with Crippen LogP contribution in [0.25, 0.3) is 0 Å². The van der Waals surface area contributed by atoms with Crippen LogP contribution in [0.1, 0.15) is 31.7 Å². The van der Waals surface area contributed by atoms with E-state index < -0.39 is 11.7 Å². The zero-order chi connectivity index (χ0) is 14.6. The van der Waals surface area contributed by atoms with E-state index in [0.29, 0.717) is 19.6 Å². The molecule has 0 aliphatic carbocycles. The Morgan fingerprint density at radius 1 is 1.45 bits per heavy atom. The molecule has 1 aromatic rings. The summed E-state index contributed by atoms with van der Waals surface area (Å²) in [6.07, 6.45) is 0.234. The van der Waals surface area contributed by atoms with E-state index in [9.17, 15) is 13.2 Å². The van der Waals surface area contributed by atoms with Crippen LogP contribution < -0.4 is 10.2 Å². The summed E-state index contributed by atoms with van der Waals surface area (Å²) >= 11 is 0. The lowest BCUT2D eigenvalue weighted by Gasteiger charge is -2.35. The summed E-state index contributed by atoms with van der Waals surface area (Å²) < 4.78 is 39.1. The molecule has 3 nitrogen and oxygen atoms in total. The fraction of sp³-hybridized carbons (Fsp3) is 0.643. The largest absolute Gasteiger partial charge is 0.419 e. The highest BCUT2D eigenvalue weighted by Gasteiger charge is 2.36. The Balaban J connectivity index is 2.15. The van der Waals surface area contributed by atoms with E-state index in [1.165, 1.54) is 12.3 Å². The molecule has 0 amide bonds. The molecular formula is C14H20F3N3. The fourth-order valence-electron chi connectivity index (χ4n) is 2.53. The molecule has 1 atom stereocenters. The zero-order valence-electron chi connectivity index (χ0n) is 11.6. The number of pyridine rings is 1. The summed E-state index contributed by atoms with van der Waals surface area (Å²) in [5.41, 5.74) is -0.642. The van der Waals surface area contributed by atoms with E-state index in [-0.39, 0.29) is 11.9 Å². The van der Waals surface area contributed by atoms with Crippen molar-refractivity contribution >= 4 is 5.82 Å². The predicted molar refractivity (Wildman–Crippen MR) is 72.8 cm³/mol. The number of anilines is 1. The number of alkyl halides is 3. The van der Waals surface area contributed by atoms with Crippen molar-refractivity contribution in [2.24, 2.45) is 0 Å². The molecule has 0 spiro atoms. The normalized spacial score (nSPS) is 20.2. The number of hydrogen-bond donors (Lipinski definition) is 1. The van der Waals surface area contributed by atoms with Crippen molar-refractivity contribution in [3.8, 4) is 0 Å². The quantitative estimate of drug-likeness (QED) is 0.922. The average molecular weight is 287 g/mol. The third kappa shape index (κ3) is 3.62. The number of rotatable bonds is 4. The zero-order valence-corrected chi connectivity index (χ0v) is 11.6. The molecule has 20 heavy (non-hydrogen) atoms. The Kier molecular flexibility index (Phi) is 4.86. The number of aromatic nitrogens is 1. The topological polar surface area (TPSA) is 28.2 Å². The van der Waals surface area contributed by atoms with E-state index in [1.807, 2.05) is 0 Å². The Morgan fingerprint density at radius 3 is 2.95 bits per heavy atom. The lowest BCUT2D eigenvalue weighted by atomic mass is 10.1. The van der Waals surface area contributed by atoms with Crippen molar-refractivity contribution in [1.82, 2.24) is 10.3 Å². The van der Waals surface area contributed by atoms with Gasteiger partial charge in [0.05, 0.1) is 5.56 Å². The van der Waals surface area contributed by atoms with Gasteiger partial charge in [-0.25, -0.2) is 4.98 Å². The molecular weight excluding hydrogens is 267 g/mol. The van der Waals surface area contributed by atoms with Crippen LogP contribution in [0.4, 0.5) is 19.0 Å². The molecule has 1 N–H and O–H groups in total. The van der Waals surface area contributed by atoms with Gasteiger partial charge in [-0.2, -0.15) is 13.2 Å². The Hall–Kier alpha value is -1.30. The van der Waals surface area contributed by atoms with Gasteiger partial charge in [-0.15, -0.1) is 0 Å². The minimum Gasteiger partial charge on any atom is -0.353 e. The molecule has 6 heteroatoms. The Morgan fingerprint density at radius 2 is 2.25 bits per heavy atom. The molecule has 112 valence electrons. The van der Waals surface area contributed by atoms with Gasteiger partial charge in [-0.05, 0) is 18.6 Å². The number of piperazine rings is 1. The highest BCUT2D eigenvalue weighted by molar-refractivity contribution is 5.49. The summed E-state index contributed by atoms with van der Waals surface area (Å²) in [5.74, 6) is 0.0583. The lowest BCUT2D eigenvalue weighted by Crippen LogP contribution is -2.51. The molecule has 1 aromatic heterocycles. The third-order valence-corrected chi connectivity index (χ3v) is 3.55. The van der Waals surface area contributed by atoms with Crippen LogP contribution in [0.2, 0.25) is 0 Å². The minimum absolute atomic E-state index is 0.0583. The van der Waals surface area contributed by atoms with Gasteiger partial charge in [0.25, 0.3) is 0 Å². The lowest BCUT2D eigenvalue weighted by molar-refractivity contribution is -0.137. The smallest absolute Gasteiger partial charge is 0.353 e. The van der Waals surface area contributed by atoms with Gasteiger partial charge < -0.3 is 10.2 Å². The van der Waals surface area contributed by atoms with Crippen LogP contribution in [-0.2, 0) is 6.18 Å². The van der Waals surface area contributed by atoms with Crippen molar-refractivity contribution < 1.29 is 13.2 Å². The van der Waals surface area contributed by atoms with Crippen molar-refractivity contribution in [3.05, 3.63) is 23.9 Å². The summed E-state index contributed by atoms with van der Waals surface area (Å²) in [7, 11) is 0. The molecule has 2 rings (SSSR count). The van der Waals surface area contributed by atoms with E-state index in [4.69, 9.17) is 0 Å². The minimum atomic E-state index is -4.35. The van der Waals surface area contributed by atoms with Gasteiger partial charge in [0.15, 0.2) is 0 Å². The van der Waals surface area contributed by atoms with Crippen LogP contribution >= 0.6 is 0 Å². The molecule has 1 aliphatic heterocycles. The number of unbranched alkanes of at least 4 members (excludes halogenated alkanes) is 1. The average Bonchev–Trinajstić information content (AvgIpc) is 2.44. The fourth-order valence-corrected chi connectivity index (χ4v) is 2.53. The second-order valence-corrected chi connectivity index (χ2v) is 5.11. The highest BCUT2D eigenvalue weighted by atomic mass is 19.4. The number of nitrogens with one attached hydrogen (secondary N) is 1. The first-order valence-electron chi connectivity index (χ1n) is 7.03. The van der Waals surface area contributed by atoms with Crippen molar-refractivity contribution in [2.75, 3.05) is 24.5 Å². The summed E-state index contributed by atoms with van der Waals surface area (Å²) in [6, 6.07) is 2.68. The molecule has 0 aromatic carbocycles. The second kappa shape index (κ2) is 6.43. The number of halogens is 3. The molecule has 1 fully saturated rings. The Labute approximate surface area is 117 Å². The van der Waals surface area contributed by atoms with Gasteiger partial charge in [0.2, 0.25) is 0 Å². The summed E-state index contributed by atoms with van der Waals surface area (Å²) in [4.78, 5) is 5.71. The van der Waals surface area contributed by atoms with Crippen LogP contribution in [0.15, 0.2) is 18.3 Å². The first kappa shape index (κ1) is 15.1. The van der Waals surface area contributed by atoms with Crippen LogP contribution in [0, 0.1) is 0 Å². The Bertz CT molecular complexity index is 434. The summed E-state index contributed by atoms with van der Waals surface area (Å²) in [5, 5.41) is 3.36. The van der Waals surface area contributed by atoms with Crippen LogP contribution in [0.5, 0.6) is 0 Å². The van der Waals surface area contributed by atoms with Crippen molar-refractivity contribution in [3.63, 3.8) is 0 Å². The first-order chi connectivity index (χ1) is 9.52. The van der Waals surface area contributed by atoms with Crippen molar-refractivity contribution in [1.29, 1.82) is 0 Å². The molecule has 0 bridgehead atoms. The van der Waals surface area contributed by atoms with Gasteiger partial charge in [-0.1, -0.05) is 19.8 Å². The second-order valence-electron chi connectivity index (χ2n) is 5.11. The molecule has 0 saturated carbocycles. The third-order valence-electron chi connectivity index (χ3n) is 3.55. The highest BCUT2D eigenvalue weighted by Crippen LogP contribution is 2.35. The standard InChI is InChI=1S/C14H20F3N3/c1-2-3-5-11-10-20(9-8-18-11)13-12(14(15,16)17)6-4-7-19-13/h4,6-7,11,18H,2-3,5,8-10H2,1H3/t11-/m1/s1. The summed E-state index contributed by atoms with van der Waals surface area (Å²) in [6.45, 7) is 3.95. The van der Waals surface area contributed by atoms with E-state index in [0.717, 1.165) is 25.3 Å². The van der Waals surface area contributed by atoms with E-state index in [2.05, 4.69) is 17.2 Å². The predicted octanol–water partition coefficient (Wildman–Crippen LogP) is 3.07. The molecule has 0 radical (unpaired) electrons.